The third-order valence-electron chi connectivity index (χ3n) is 3.03. The highest BCUT2D eigenvalue weighted by molar-refractivity contribution is 5.94. The first kappa shape index (κ1) is 14.4. The summed E-state index contributed by atoms with van der Waals surface area (Å²) in [5.74, 6) is -2.90. The molecule has 0 heterocycles. The van der Waals surface area contributed by atoms with Crippen molar-refractivity contribution in [2.45, 2.75) is 32.6 Å². The number of esters is 3. The van der Waals surface area contributed by atoms with Crippen LogP contribution in [0.2, 0.25) is 0 Å². The van der Waals surface area contributed by atoms with Crippen molar-refractivity contribution >= 4 is 17.9 Å². The predicted octanol–water partition coefficient (Wildman–Crippen LogP) is 1.61. The van der Waals surface area contributed by atoms with E-state index in [4.69, 9.17) is 4.74 Å². The maximum Gasteiger partial charge on any atom is 0.337 e. The van der Waals surface area contributed by atoms with Crippen LogP contribution in [0.5, 0.6) is 0 Å². The second-order valence-electron chi connectivity index (χ2n) is 4.19. The van der Waals surface area contributed by atoms with Gasteiger partial charge in [0, 0.05) is 6.08 Å². The summed E-state index contributed by atoms with van der Waals surface area (Å²) >= 11 is 0. The number of ether oxygens (including phenoxy) is 2. The second-order valence-corrected chi connectivity index (χ2v) is 4.19. The molecule has 0 aliphatic heterocycles. The van der Waals surface area contributed by atoms with E-state index < -0.39 is 23.8 Å². The normalized spacial score (nSPS) is 22.9. The van der Waals surface area contributed by atoms with Gasteiger partial charge in [-0.3, -0.25) is 9.59 Å². The molecule has 2 atom stereocenters. The molecule has 0 amide bonds. The summed E-state index contributed by atoms with van der Waals surface area (Å²) in [6, 6.07) is 0. The van der Waals surface area contributed by atoms with Crippen LogP contribution in [0.3, 0.4) is 0 Å². The predicted molar refractivity (Wildman–Crippen MR) is 63.4 cm³/mol. The lowest BCUT2D eigenvalue weighted by Crippen LogP contribution is -2.35. The van der Waals surface area contributed by atoms with E-state index >= 15 is 0 Å². The van der Waals surface area contributed by atoms with Crippen LogP contribution in [0.1, 0.15) is 32.6 Å². The highest BCUT2D eigenvalue weighted by atomic mass is 16.6. The zero-order valence-electron chi connectivity index (χ0n) is 10.5. The average Bonchev–Trinajstić information content (AvgIpc) is 2.38. The van der Waals surface area contributed by atoms with Gasteiger partial charge in [-0.25, -0.2) is 4.79 Å². The third kappa shape index (κ3) is 3.68. The largest absolute Gasteiger partial charge is 0.466 e. The molecule has 5 nitrogen and oxygen atoms in total. The fourth-order valence-corrected chi connectivity index (χ4v) is 2.16. The lowest BCUT2D eigenvalue weighted by molar-refractivity contribution is -0.167. The Labute approximate surface area is 106 Å². The number of hydrogen-bond acceptors (Lipinski definition) is 5. The Morgan fingerprint density at radius 2 is 1.72 bits per heavy atom. The molecule has 100 valence electrons. The molecule has 0 radical (unpaired) electrons. The van der Waals surface area contributed by atoms with E-state index in [-0.39, 0.29) is 12.6 Å². The standard InChI is InChI=1S/C13H18O5/c1-3-11(14)18-13(16)10-8-6-5-7-9(10)12(15)17-4-2/h3,9-10H,1,4-8H2,2H3. The molecule has 1 rings (SSSR count). The Bertz CT molecular complexity index is 347. The van der Waals surface area contributed by atoms with E-state index in [0.717, 1.165) is 18.9 Å². The fourth-order valence-electron chi connectivity index (χ4n) is 2.16. The summed E-state index contributed by atoms with van der Waals surface area (Å²) in [4.78, 5) is 34.5. The van der Waals surface area contributed by atoms with Gasteiger partial charge in [-0.15, -0.1) is 0 Å². The van der Waals surface area contributed by atoms with Gasteiger partial charge >= 0.3 is 17.9 Å². The molecular formula is C13H18O5. The summed E-state index contributed by atoms with van der Waals surface area (Å²) in [5.41, 5.74) is 0. The summed E-state index contributed by atoms with van der Waals surface area (Å²) in [6.45, 7) is 5.22. The van der Waals surface area contributed by atoms with Gasteiger partial charge in [-0.05, 0) is 19.8 Å². The summed E-state index contributed by atoms with van der Waals surface area (Å²) < 4.78 is 9.54. The lowest BCUT2D eigenvalue weighted by Gasteiger charge is -2.27. The first-order valence-corrected chi connectivity index (χ1v) is 6.14. The monoisotopic (exact) mass is 254 g/mol. The molecule has 1 saturated carbocycles. The maximum atomic E-state index is 11.8. The van der Waals surface area contributed by atoms with Crippen LogP contribution in [0.25, 0.3) is 0 Å². The molecule has 1 fully saturated rings. The van der Waals surface area contributed by atoms with Crippen LogP contribution in [0.15, 0.2) is 12.7 Å². The molecule has 0 aromatic heterocycles. The van der Waals surface area contributed by atoms with Crippen LogP contribution >= 0.6 is 0 Å². The van der Waals surface area contributed by atoms with Crippen molar-refractivity contribution in [3.63, 3.8) is 0 Å². The average molecular weight is 254 g/mol. The van der Waals surface area contributed by atoms with Crippen LogP contribution in [0.4, 0.5) is 0 Å². The summed E-state index contributed by atoms with van der Waals surface area (Å²) in [5, 5.41) is 0. The van der Waals surface area contributed by atoms with E-state index in [1.165, 1.54) is 0 Å². The number of carbonyl (C=O) groups excluding carboxylic acids is 3. The van der Waals surface area contributed by atoms with Gasteiger partial charge in [-0.2, -0.15) is 0 Å². The number of rotatable bonds is 4. The van der Waals surface area contributed by atoms with Crippen LogP contribution in [-0.2, 0) is 23.9 Å². The molecule has 0 aromatic rings. The van der Waals surface area contributed by atoms with Crippen molar-refractivity contribution in [3.8, 4) is 0 Å². The van der Waals surface area contributed by atoms with Crippen molar-refractivity contribution in [2.24, 2.45) is 11.8 Å². The molecule has 5 heteroatoms. The van der Waals surface area contributed by atoms with E-state index in [9.17, 15) is 14.4 Å². The van der Waals surface area contributed by atoms with E-state index in [2.05, 4.69) is 11.3 Å². The van der Waals surface area contributed by atoms with Gasteiger partial charge in [0.25, 0.3) is 0 Å². The lowest BCUT2D eigenvalue weighted by atomic mass is 9.79. The zero-order valence-corrected chi connectivity index (χ0v) is 10.5. The number of carbonyl (C=O) groups is 3. The third-order valence-corrected chi connectivity index (χ3v) is 3.03. The van der Waals surface area contributed by atoms with Crippen molar-refractivity contribution in [2.75, 3.05) is 6.61 Å². The smallest absolute Gasteiger partial charge is 0.337 e. The zero-order chi connectivity index (χ0) is 13.5. The van der Waals surface area contributed by atoms with E-state index in [1.54, 1.807) is 6.92 Å². The molecule has 0 aromatic carbocycles. The Balaban J connectivity index is 2.69. The van der Waals surface area contributed by atoms with Crippen LogP contribution in [-0.4, -0.2) is 24.5 Å². The summed E-state index contributed by atoms with van der Waals surface area (Å²) in [6.07, 6.45) is 3.80. The SMILES string of the molecule is C=CC(=O)OC(=O)C1CCCCC1C(=O)OCC. The Morgan fingerprint density at radius 1 is 1.17 bits per heavy atom. The van der Waals surface area contributed by atoms with Gasteiger partial charge in [0.15, 0.2) is 0 Å². The highest BCUT2D eigenvalue weighted by Gasteiger charge is 2.38. The van der Waals surface area contributed by atoms with E-state index in [0.29, 0.717) is 12.8 Å². The van der Waals surface area contributed by atoms with Gasteiger partial charge in [0.05, 0.1) is 18.4 Å². The van der Waals surface area contributed by atoms with Crippen molar-refractivity contribution in [1.82, 2.24) is 0 Å². The fraction of sp³-hybridized carbons (Fsp3) is 0.615. The molecule has 0 spiro atoms. The van der Waals surface area contributed by atoms with Crippen molar-refractivity contribution in [1.29, 1.82) is 0 Å². The van der Waals surface area contributed by atoms with Gasteiger partial charge in [0.1, 0.15) is 0 Å². The highest BCUT2D eigenvalue weighted by Crippen LogP contribution is 2.32. The molecule has 0 N–H and O–H groups in total. The molecule has 1 aliphatic carbocycles. The maximum absolute atomic E-state index is 11.8. The Kier molecular flexibility index (Phi) is 5.55. The van der Waals surface area contributed by atoms with Gasteiger partial charge < -0.3 is 9.47 Å². The molecular weight excluding hydrogens is 236 g/mol. The topological polar surface area (TPSA) is 69.7 Å². The quantitative estimate of drug-likeness (QED) is 0.433. The van der Waals surface area contributed by atoms with Crippen molar-refractivity contribution < 1.29 is 23.9 Å². The van der Waals surface area contributed by atoms with Gasteiger partial charge in [0.2, 0.25) is 0 Å². The first-order valence-electron chi connectivity index (χ1n) is 6.14. The first-order chi connectivity index (χ1) is 8.60. The molecule has 18 heavy (non-hydrogen) atoms. The molecule has 1 aliphatic rings. The van der Waals surface area contributed by atoms with Gasteiger partial charge in [-0.1, -0.05) is 19.4 Å². The molecule has 0 saturated heterocycles. The van der Waals surface area contributed by atoms with Crippen molar-refractivity contribution in [3.05, 3.63) is 12.7 Å². The van der Waals surface area contributed by atoms with Crippen LogP contribution < -0.4 is 0 Å². The number of hydrogen-bond donors (Lipinski definition) is 0. The molecule has 0 bridgehead atoms. The summed E-state index contributed by atoms with van der Waals surface area (Å²) in [7, 11) is 0. The molecule has 2 unspecified atom stereocenters. The minimum Gasteiger partial charge on any atom is -0.466 e. The van der Waals surface area contributed by atoms with Crippen LogP contribution in [0, 0.1) is 11.8 Å². The minimum absolute atomic E-state index is 0.280. The minimum atomic E-state index is -0.784. The second kappa shape index (κ2) is 6.93. The van der Waals surface area contributed by atoms with E-state index in [1.807, 2.05) is 0 Å². The Hall–Kier alpha value is -1.65. The Morgan fingerprint density at radius 3 is 2.22 bits per heavy atom.